The molecule has 2 aromatic rings. The molecule has 2 radical (unpaired) electrons. The summed E-state index contributed by atoms with van der Waals surface area (Å²) in [5.41, 5.74) is 9.15. The van der Waals surface area contributed by atoms with Crippen LogP contribution in [0.4, 0.5) is 5.69 Å². The fourth-order valence-electron chi connectivity index (χ4n) is 3.97. The molecule has 32 heavy (non-hydrogen) atoms. The molecule has 9 heteroatoms. The van der Waals surface area contributed by atoms with Crippen molar-refractivity contribution in [3.8, 4) is 11.8 Å². The topological polar surface area (TPSA) is 143 Å². The third-order valence-electron chi connectivity index (χ3n) is 5.80. The number of aliphatic hydroxyl groups excluding tert-OH is 2. The number of hydrazine groups is 1. The second kappa shape index (κ2) is 10.5. The van der Waals surface area contributed by atoms with Gasteiger partial charge in [-0.25, -0.2) is 5.84 Å². The summed E-state index contributed by atoms with van der Waals surface area (Å²) >= 11 is 0. The van der Waals surface area contributed by atoms with E-state index in [1.165, 1.54) is 17.3 Å². The van der Waals surface area contributed by atoms with Crippen LogP contribution in [0.25, 0.3) is 5.70 Å². The van der Waals surface area contributed by atoms with Gasteiger partial charge in [0, 0.05) is 36.1 Å². The molecule has 166 valence electrons. The third-order valence-corrected chi connectivity index (χ3v) is 5.80. The Balaban J connectivity index is 1.71. The van der Waals surface area contributed by atoms with Gasteiger partial charge < -0.3 is 21.1 Å². The van der Waals surface area contributed by atoms with E-state index in [2.05, 4.69) is 4.90 Å². The van der Waals surface area contributed by atoms with Crippen LogP contribution >= 0.6 is 0 Å². The van der Waals surface area contributed by atoms with Gasteiger partial charge in [0.1, 0.15) is 13.6 Å². The molecule has 0 aliphatic carbocycles. The molecule has 1 heterocycles. The van der Waals surface area contributed by atoms with Crippen LogP contribution in [0.15, 0.2) is 42.6 Å². The van der Waals surface area contributed by atoms with Crippen LogP contribution in [0.5, 0.6) is 5.75 Å². The van der Waals surface area contributed by atoms with E-state index in [4.69, 9.17) is 24.7 Å². The highest BCUT2D eigenvalue weighted by Crippen LogP contribution is 2.27. The number of benzene rings is 2. The number of hydrogen-bond acceptors (Lipinski definition) is 8. The molecule has 3 rings (SSSR count). The Hall–Kier alpha value is -3.03. The Kier molecular flexibility index (Phi) is 7.77. The van der Waals surface area contributed by atoms with E-state index in [1.54, 1.807) is 24.3 Å². The van der Waals surface area contributed by atoms with Crippen LogP contribution in [0.1, 0.15) is 29.5 Å². The highest BCUT2D eigenvalue weighted by Gasteiger charge is 2.26. The first-order valence-electron chi connectivity index (χ1n) is 10.5. The van der Waals surface area contributed by atoms with Crippen LogP contribution < -0.4 is 22.0 Å². The van der Waals surface area contributed by atoms with Crippen molar-refractivity contribution in [3.63, 3.8) is 0 Å². The first-order valence-corrected chi connectivity index (χ1v) is 10.5. The minimum Gasteiger partial charge on any atom is -0.508 e. The minimum absolute atomic E-state index is 0.0268. The van der Waals surface area contributed by atoms with Crippen molar-refractivity contribution in [1.82, 2.24) is 4.90 Å². The summed E-state index contributed by atoms with van der Waals surface area (Å²) in [6, 6.07) is 12.0. The van der Waals surface area contributed by atoms with E-state index in [-0.39, 0.29) is 18.3 Å². The number of piperidine rings is 1. The summed E-state index contributed by atoms with van der Waals surface area (Å²) in [6.07, 6.45) is 2.59. The lowest BCUT2D eigenvalue weighted by Gasteiger charge is -2.34. The Bertz CT molecular complexity index is 1020. The largest absolute Gasteiger partial charge is 0.508 e. The van der Waals surface area contributed by atoms with Gasteiger partial charge in [-0.1, -0.05) is 17.6 Å². The lowest BCUT2D eigenvalue weighted by molar-refractivity contribution is 0.0108. The van der Waals surface area contributed by atoms with Crippen LogP contribution in [0.3, 0.4) is 0 Å². The fraction of sp³-hybridized carbons (Fsp3) is 0.348. The first kappa shape index (κ1) is 23.6. The zero-order chi connectivity index (χ0) is 23.3. The summed E-state index contributed by atoms with van der Waals surface area (Å²) in [5.74, 6) is 6.22. The number of aliphatic hydroxyl groups is 2. The number of hydrogen-bond donors (Lipinski definition) is 5. The predicted octanol–water partition coefficient (Wildman–Crippen LogP) is 0.260. The van der Waals surface area contributed by atoms with E-state index in [1.807, 2.05) is 12.1 Å². The second-order valence-electron chi connectivity index (χ2n) is 8.11. The molecule has 7 N–H and O–H groups in total. The monoisotopic (exact) mass is 433 g/mol. The number of nitrogens with zero attached hydrogens (tertiary/aromatic N) is 3. The average molecular weight is 433 g/mol. The highest BCUT2D eigenvalue weighted by molar-refractivity contribution is 6.36. The molecular formula is C23H28BN5O3. The van der Waals surface area contributed by atoms with Gasteiger partial charge >= 0.3 is 0 Å². The number of nitriles is 1. The van der Waals surface area contributed by atoms with E-state index in [0.717, 1.165) is 24.9 Å². The summed E-state index contributed by atoms with van der Waals surface area (Å²) < 4.78 is 0. The maximum absolute atomic E-state index is 10.6. The first-order chi connectivity index (χ1) is 15.3. The van der Waals surface area contributed by atoms with E-state index in [0.29, 0.717) is 41.1 Å². The summed E-state index contributed by atoms with van der Waals surface area (Å²) in [4.78, 5) is 2.16. The molecule has 2 atom stereocenters. The van der Waals surface area contributed by atoms with Gasteiger partial charge in [-0.2, -0.15) is 5.26 Å². The van der Waals surface area contributed by atoms with Crippen LogP contribution in [0.2, 0.25) is 0 Å². The maximum atomic E-state index is 10.6. The van der Waals surface area contributed by atoms with Gasteiger partial charge in [0.15, 0.2) is 0 Å². The molecule has 1 aliphatic heterocycles. The number of anilines is 1. The zero-order valence-electron chi connectivity index (χ0n) is 17.9. The van der Waals surface area contributed by atoms with E-state index < -0.39 is 6.10 Å². The van der Waals surface area contributed by atoms with Crippen molar-refractivity contribution >= 4 is 24.7 Å². The lowest BCUT2D eigenvalue weighted by atomic mass is 9.92. The highest BCUT2D eigenvalue weighted by atomic mass is 16.3. The Labute approximate surface area is 189 Å². The SMILES string of the molecule is [B]c1cc(C#N)ccc1N(N)/C=C(\N)c1ccc(CN2CCCC(C(O)CO)C2)c(O)c1. The molecule has 0 saturated carbocycles. The van der Waals surface area contributed by atoms with Crippen molar-refractivity contribution in [2.45, 2.75) is 25.5 Å². The fourth-order valence-corrected chi connectivity index (χ4v) is 3.97. The van der Waals surface area contributed by atoms with E-state index in [9.17, 15) is 15.3 Å². The molecule has 0 spiro atoms. The standard InChI is InChI=1S/C23H28BN5O3/c24-19-8-15(10-25)3-6-21(19)29(27)13-20(26)16-4-5-18(22(31)9-16)12-28-7-1-2-17(11-28)23(32)14-30/h3-6,8-9,13,17,23,30-32H,1-2,7,11-12,14,26-27H2/b20-13-. The van der Waals surface area contributed by atoms with Gasteiger partial charge in [-0.15, -0.1) is 0 Å². The van der Waals surface area contributed by atoms with Crippen molar-refractivity contribution in [3.05, 3.63) is 59.3 Å². The molecule has 1 saturated heterocycles. The summed E-state index contributed by atoms with van der Waals surface area (Å²) in [6.45, 7) is 1.83. The predicted molar refractivity (Wildman–Crippen MR) is 125 cm³/mol. The van der Waals surface area contributed by atoms with Crippen molar-refractivity contribution in [2.75, 3.05) is 24.7 Å². The minimum atomic E-state index is -0.719. The number of nitrogens with two attached hydrogens (primary N) is 2. The second-order valence-corrected chi connectivity index (χ2v) is 8.11. The lowest BCUT2D eigenvalue weighted by Crippen LogP contribution is -2.41. The number of aromatic hydroxyl groups is 1. The normalized spacial score (nSPS) is 18.2. The zero-order valence-corrected chi connectivity index (χ0v) is 17.9. The van der Waals surface area contributed by atoms with Gasteiger partial charge in [-0.3, -0.25) is 9.91 Å². The molecule has 0 bridgehead atoms. The Morgan fingerprint density at radius 3 is 2.78 bits per heavy atom. The summed E-state index contributed by atoms with van der Waals surface area (Å²) in [5, 5.41) is 39.9. The summed E-state index contributed by atoms with van der Waals surface area (Å²) in [7, 11) is 5.97. The number of phenols is 1. The molecule has 0 aromatic heterocycles. The molecule has 1 aliphatic rings. The quantitative estimate of drug-likeness (QED) is 0.238. The van der Waals surface area contributed by atoms with Crippen molar-refractivity contribution in [2.24, 2.45) is 17.5 Å². The number of likely N-dealkylation sites (tertiary alicyclic amines) is 1. The van der Waals surface area contributed by atoms with Crippen LogP contribution in [0, 0.1) is 17.2 Å². The van der Waals surface area contributed by atoms with E-state index >= 15 is 0 Å². The van der Waals surface area contributed by atoms with Gasteiger partial charge in [0.25, 0.3) is 0 Å². The Morgan fingerprint density at radius 1 is 1.34 bits per heavy atom. The van der Waals surface area contributed by atoms with Gasteiger partial charge in [0.2, 0.25) is 0 Å². The molecular weight excluding hydrogens is 405 g/mol. The Morgan fingerprint density at radius 2 is 2.12 bits per heavy atom. The number of rotatable bonds is 7. The molecule has 0 amide bonds. The maximum Gasteiger partial charge on any atom is 0.120 e. The van der Waals surface area contributed by atoms with Crippen LogP contribution in [-0.4, -0.2) is 53.9 Å². The van der Waals surface area contributed by atoms with Crippen molar-refractivity contribution in [1.29, 1.82) is 5.26 Å². The van der Waals surface area contributed by atoms with Gasteiger partial charge in [-0.05, 0) is 49.6 Å². The number of phenolic OH excluding ortho intramolecular Hbond substituents is 1. The molecule has 2 aromatic carbocycles. The molecule has 8 nitrogen and oxygen atoms in total. The van der Waals surface area contributed by atoms with Crippen LogP contribution in [-0.2, 0) is 6.54 Å². The third kappa shape index (κ3) is 5.61. The average Bonchev–Trinajstić information content (AvgIpc) is 2.79. The molecule has 1 fully saturated rings. The van der Waals surface area contributed by atoms with Gasteiger partial charge in [0.05, 0.1) is 30.0 Å². The van der Waals surface area contributed by atoms with Crippen molar-refractivity contribution < 1.29 is 15.3 Å². The smallest absolute Gasteiger partial charge is 0.120 e. The molecule has 2 unspecified atom stereocenters.